The number of nitrogens with two attached hydrogens (primary N) is 1. The number of ether oxygens (including phenoxy) is 1. The van der Waals surface area contributed by atoms with Crippen molar-refractivity contribution in [2.75, 3.05) is 5.73 Å². The van der Waals surface area contributed by atoms with Gasteiger partial charge in [-0.3, -0.25) is 0 Å². The van der Waals surface area contributed by atoms with Gasteiger partial charge >= 0.3 is 12.1 Å². The Kier molecular flexibility index (Phi) is 10.6. The zero-order chi connectivity index (χ0) is 30.3. The fraction of sp³-hybridized carbons (Fsp3) is 0.179. The number of aromatic nitrogens is 2. The summed E-state index contributed by atoms with van der Waals surface area (Å²) in [5.41, 5.74) is 9.31. The highest BCUT2D eigenvalue weighted by Crippen LogP contribution is 2.39. The van der Waals surface area contributed by atoms with Crippen molar-refractivity contribution in [2.24, 2.45) is 4.74 Å². The van der Waals surface area contributed by atoms with E-state index in [1.54, 1.807) is 60.7 Å². The van der Waals surface area contributed by atoms with Crippen LogP contribution in [0.2, 0.25) is 0 Å². The van der Waals surface area contributed by atoms with E-state index in [1.165, 1.54) is 18.2 Å². The molecule has 218 valence electrons. The predicted molar refractivity (Wildman–Crippen MR) is 162 cm³/mol. The number of carbonyl (C=O) groups is 1. The molecule has 0 aliphatic carbocycles. The molecule has 0 saturated carbocycles. The van der Waals surface area contributed by atoms with Crippen LogP contribution in [-0.2, 0) is 17.8 Å². The lowest BCUT2D eigenvalue weighted by atomic mass is 10.00. The molecule has 3 aromatic carbocycles. The first-order chi connectivity index (χ1) is 20.1. The van der Waals surface area contributed by atoms with Crippen LogP contribution in [0.5, 0.6) is 5.88 Å². The number of hydrogen-bond acceptors (Lipinski definition) is 7. The van der Waals surface area contributed by atoms with Crippen molar-refractivity contribution in [3.8, 4) is 28.3 Å². The summed E-state index contributed by atoms with van der Waals surface area (Å²) in [5.74, 6) is -1.65. The molecule has 0 saturated heterocycles. The van der Waals surface area contributed by atoms with Crippen molar-refractivity contribution in [3.05, 3.63) is 95.6 Å². The van der Waals surface area contributed by atoms with E-state index in [-0.39, 0.29) is 36.1 Å². The Balaban J connectivity index is 1.56. The number of aliphatic hydroxyl groups is 1. The summed E-state index contributed by atoms with van der Waals surface area (Å²) in [6.07, 6.45) is -6.89. The van der Waals surface area contributed by atoms with Gasteiger partial charge in [-0.25, -0.2) is 14.5 Å². The lowest BCUT2D eigenvalue weighted by molar-refractivity contribution is -0.198. The maximum absolute atomic E-state index is 14.1. The maximum Gasteiger partial charge on any atom is 0.429 e. The molecule has 0 spiro atoms. The van der Waals surface area contributed by atoms with Crippen LogP contribution in [0, 0.1) is 0 Å². The number of nitrogen functional groups attached to an aromatic ring is 1. The van der Waals surface area contributed by atoms with Gasteiger partial charge in [-0.2, -0.15) is 18.2 Å². The number of rotatable bonds is 11. The largest absolute Gasteiger partial charge is 0.480 e. The van der Waals surface area contributed by atoms with Crippen molar-refractivity contribution < 1.29 is 32.9 Å². The van der Waals surface area contributed by atoms with Crippen molar-refractivity contribution in [3.63, 3.8) is 0 Å². The molecule has 1 aromatic heterocycles. The second-order valence-electron chi connectivity index (χ2n) is 9.07. The predicted octanol–water partition coefficient (Wildman–Crippen LogP) is 7.08. The molecule has 0 fully saturated rings. The van der Waals surface area contributed by atoms with Crippen LogP contribution < -0.4 is 10.5 Å². The normalized spacial score (nSPS) is 13.5. The Hall–Kier alpha value is -3.48. The van der Waals surface area contributed by atoms with Crippen LogP contribution in [0.15, 0.2) is 83.6 Å². The van der Waals surface area contributed by atoms with Crippen molar-refractivity contribution in [1.29, 1.82) is 0 Å². The molecular formula is C28H26F3N4O4P3. The average molecular weight is 632 g/mol. The molecule has 4 aromatic rings. The lowest BCUT2D eigenvalue weighted by Crippen LogP contribution is -2.26. The summed E-state index contributed by atoms with van der Waals surface area (Å²) < 4.78 is 51.9. The molecule has 8 nitrogen and oxygen atoms in total. The molecule has 1 heterocycles. The zero-order valence-electron chi connectivity index (χ0n) is 21.9. The first kappa shape index (κ1) is 31.5. The van der Waals surface area contributed by atoms with Crippen LogP contribution in [0.1, 0.15) is 22.8 Å². The molecule has 0 aliphatic heterocycles. The number of alkyl halides is 3. The number of aliphatic carboxylic acids is 1. The average Bonchev–Trinajstić information content (AvgIpc) is 2.97. The highest BCUT2D eigenvalue weighted by atomic mass is 32.4. The fourth-order valence-electron chi connectivity index (χ4n) is 4.11. The topological polar surface area (TPSA) is 131 Å². The van der Waals surface area contributed by atoms with Gasteiger partial charge in [0, 0.05) is 31.7 Å². The van der Waals surface area contributed by atoms with Crippen LogP contribution in [-0.4, -0.2) is 38.4 Å². The molecular weight excluding hydrogens is 606 g/mol. The Morgan fingerprint density at radius 3 is 2.31 bits per heavy atom. The Morgan fingerprint density at radius 1 is 1.00 bits per heavy atom. The van der Waals surface area contributed by atoms with E-state index in [0.717, 1.165) is 11.1 Å². The minimum atomic E-state index is -4.76. The minimum Gasteiger partial charge on any atom is -0.480 e. The van der Waals surface area contributed by atoms with Crippen LogP contribution in [0.4, 0.5) is 19.1 Å². The van der Waals surface area contributed by atoms with E-state index >= 15 is 0 Å². The SMILES string of the molecule is Nc1nc(O[C@H](c2ccc(-c3cccc(CO)c3)cc2)C(F)(F)F)cc(-c2ccc(C[C@H](/N=P/PP)C(=O)O)cc2)n1. The van der Waals surface area contributed by atoms with Crippen LogP contribution >= 0.6 is 24.9 Å². The van der Waals surface area contributed by atoms with Crippen LogP contribution in [0.25, 0.3) is 22.4 Å². The summed E-state index contributed by atoms with van der Waals surface area (Å²) in [6.45, 7) is -0.149. The van der Waals surface area contributed by atoms with E-state index in [2.05, 4.69) is 23.6 Å². The van der Waals surface area contributed by atoms with Gasteiger partial charge in [-0.1, -0.05) is 66.7 Å². The maximum atomic E-state index is 14.1. The van der Waals surface area contributed by atoms with Gasteiger partial charge in [0.2, 0.25) is 17.9 Å². The molecule has 2 unspecified atom stereocenters. The highest BCUT2D eigenvalue weighted by molar-refractivity contribution is 8.36. The van der Waals surface area contributed by atoms with Crippen molar-refractivity contribution in [2.45, 2.75) is 31.3 Å². The number of anilines is 1. The number of benzene rings is 3. The first-order valence-corrected chi connectivity index (χ1v) is 16.9. The van der Waals surface area contributed by atoms with Gasteiger partial charge in [0.15, 0.2) is 6.04 Å². The monoisotopic (exact) mass is 632 g/mol. The highest BCUT2D eigenvalue weighted by Gasteiger charge is 2.43. The van der Waals surface area contributed by atoms with E-state index in [9.17, 15) is 28.2 Å². The standard InChI is InChI=1S/C28H26F3N4O4P3/c29-28(30,31)25(20-10-8-18(9-11-20)21-3-1-2-17(12-21)15-36)39-24-14-22(33-27(32)34-24)19-6-4-16(5-7-19)13-23(26(37)38)35-41-42-40/h1-12,14,23,25,36,42H,13,15,40H2,(H,37,38)(H2,32,33,34)/t23-,25+/m0/s1. The Morgan fingerprint density at radius 2 is 1.69 bits per heavy atom. The van der Waals surface area contributed by atoms with Gasteiger partial charge < -0.3 is 20.7 Å². The Labute approximate surface area is 245 Å². The molecule has 4 N–H and O–H groups in total. The van der Waals surface area contributed by atoms with Gasteiger partial charge in [0.1, 0.15) is 0 Å². The Bertz CT molecular complexity index is 1560. The number of nitrogens with zero attached hydrogens (tertiary/aromatic N) is 3. The number of halogens is 3. The minimum absolute atomic E-state index is 0.132. The van der Waals surface area contributed by atoms with Gasteiger partial charge in [-0.05, 0) is 36.3 Å². The number of carboxylic acids is 1. The molecule has 0 amide bonds. The fourth-order valence-corrected chi connectivity index (χ4v) is 5.72. The van der Waals surface area contributed by atoms with E-state index in [0.29, 0.717) is 32.7 Å². The molecule has 0 radical (unpaired) electrons. The molecule has 0 bridgehead atoms. The molecule has 4 atom stereocenters. The van der Waals surface area contributed by atoms with E-state index < -0.39 is 24.3 Å². The summed E-state index contributed by atoms with van der Waals surface area (Å²) in [4.78, 5) is 19.5. The summed E-state index contributed by atoms with van der Waals surface area (Å²) in [7, 11) is 3.59. The van der Waals surface area contributed by atoms with Gasteiger partial charge in [0.05, 0.1) is 12.3 Å². The van der Waals surface area contributed by atoms with Crippen molar-refractivity contribution in [1.82, 2.24) is 9.97 Å². The number of carboxylic acid groups (broad SMARTS) is 1. The first-order valence-electron chi connectivity index (χ1n) is 12.4. The smallest absolute Gasteiger partial charge is 0.429 e. The number of hydrogen-bond donors (Lipinski definition) is 3. The van der Waals surface area contributed by atoms with Gasteiger partial charge in [-0.15, -0.1) is 8.93 Å². The third-order valence-electron chi connectivity index (χ3n) is 6.13. The van der Waals surface area contributed by atoms with Crippen molar-refractivity contribution >= 4 is 36.9 Å². The third-order valence-corrected chi connectivity index (χ3v) is 8.37. The summed E-state index contributed by atoms with van der Waals surface area (Å²) in [6, 6.07) is 20.0. The third kappa shape index (κ3) is 8.30. The zero-order valence-corrected chi connectivity index (χ0v) is 24.9. The summed E-state index contributed by atoms with van der Waals surface area (Å²) >= 11 is 0. The number of aliphatic hydroxyl groups excluding tert-OH is 1. The van der Waals surface area contributed by atoms with Crippen LogP contribution in [0.3, 0.4) is 0 Å². The van der Waals surface area contributed by atoms with E-state index in [4.69, 9.17) is 10.5 Å². The lowest BCUT2D eigenvalue weighted by Gasteiger charge is -2.22. The second-order valence-corrected chi connectivity index (χ2v) is 13.5. The quantitative estimate of drug-likeness (QED) is 0.151. The molecule has 0 aliphatic rings. The second kappa shape index (κ2) is 14.1. The summed E-state index contributed by atoms with van der Waals surface area (Å²) in [5, 5.41) is 18.8. The van der Waals surface area contributed by atoms with Gasteiger partial charge in [0.25, 0.3) is 0 Å². The molecule has 4 rings (SSSR count). The molecule has 14 heteroatoms. The molecule has 42 heavy (non-hydrogen) atoms. The van der Waals surface area contributed by atoms with E-state index in [1.807, 2.05) is 0 Å².